The van der Waals surface area contributed by atoms with Crippen LogP contribution in [0.2, 0.25) is 0 Å². The van der Waals surface area contributed by atoms with Gasteiger partial charge in [0.15, 0.2) is 0 Å². The summed E-state index contributed by atoms with van der Waals surface area (Å²) in [6.45, 7) is 2.95. The number of aromatic nitrogens is 2. The molecule has 0 atom stereocenters. The van der Waals surface area contributed by atoms with Gasteiger partial charge in [-0.25, -0.2) is 9.48 Å². The van der Waals surface area contributed by atoms with Gasteiger partial charge in [0.25, 0.3) is 0 Å². The van der Waals surface area contributed by atoms with Crippen molar-refractivity contribution in [1.29, 1.82) is 0 Å². The van der Waals surface area contributed by atoms with Crippen molar-refractivity contribution in [2.24, 2.45) is 0 Å². The summed E-state index contributed by atoms with van der Waals surface area (Å²) in [7, 11) is 0. The molecule has 2 aromatic heterocycles. The van der Waals surface area contributed by atoms with Crippen LogP contribution in [0.1, 0.15) is 21.5 Å². The SMILES string of the molecule is Cc1csc(-c2nn(-c3cccc(C(=O)O)c3)c3c2CCN3)c1. The first-order chi connectivity index (χ1) is 11.1. The second kappa shape index (κ2) is 5.24. The zero-order valence-electron chi connectivity index (χ0n) is 12.5. The van der Waals surface area contributed by atoms with E-state index in [1.54, 1.807) is 29.5 Å². The molecule has 0 amide bonds. The lowest BCUT2D eigenvalue weighted by Crippen LogP contribution is -2.05. The Morgan fingerprint density at radius 1 is 1.39 bits per heavy atom. The second-order valence-corrected chi connectivity index (χ2v) is 6.52. The monoisotopic (exact) mass is 325 g/mol. The van der Waals surface area contributed by atoms with Gasteiger partial charge in [-0.15, -0.1) is 11.3 Å². The van der Waals surface area contributed by atoms with E-state index >= 15 is 0 Å². The average molecular weight is 325 g/mol. The minimum Gasteiger partial charge on any atom is -0.478 e. The summed E-state index contributed by atoms with van der Waals surface area (Å²) in [5.41, 5.74) is 4.44. The van der Waals surface area contributed by atoms with Gasteiger partial charge in [-0.05, 0) is 48.6 Å². The highest BCUT2D eigenvalue weighted by atomic mass is 32.1. The summed E-state index contributed by atoms with van der Waals surface area (Å²) >= 11 is 1.69. The summed E-state index contributed by atoms with van der Waals surface area (Å²) in [5, 5.41) is 19.4. The molecule has 116 valence electrons. The number of aromatic carboxylic acids is 1. The Morgan fingerprint density at radius 3 is 3.00 bits per heavy atom. The van der Waals surface area contributed by atoms with Crippen LogP contribution in [0.5, 0.6) is 0 Å². The summed E-state index contributed by atoms with van der Waals surface area (Å²) in [4.78, 5) is 12.4. The minimum absolute atomic E-state index is 0.262. The lowest BCUT2D eigenvalue weighted by molar-refractivity contribution is 0.0697. The van der Waals surface area contributed by atoms with Crippen molar-refractivity contribution in [2.45, 2.75) is 13.3 Å². The predicted molar refractivity (Wildman–Crippen MR) is 90.8 cm³/mol. The van der Waals surface area contributed by atoms with Crippen LogP contribution in [-0.4, -0.2) is 27.4 Å². The first kappa shape index (κ1) is 14.0. The van der Waals surface area contributed by atoms with Crippen LogP contribution < -0.4 is 5.32 Å². The van der Waals surface area contributed by atoms with E-state index in [0.717, 1.165) is 35.0 Å². The fraction of sp³-hybridized carbons (Fsp3) is 0.176. The number of anilines is 1. The van der Waals surface area contributed by atoms with Crippen LogP contribution in [0.25, 0.3) is 16.3 Å². The molecule has 1 aliphatic rings. The summed E-state index contributed by atoms with van der Waals surface area (Å²) in [6, 6.07) is 9.01. The minimum atomic E-state index is -0.933. The lowest BCUT2D eigenvalue weighted by Gasteiger charge is -2.07. The summed E-state index contributed by atoms with van der Waals surface area (Å²) in [5.74, 6) is 0.0336. The fourth-order valence-corrected chi connectivity index (χ4v) is 3.80. The molecule has 23 heavy (non-hydrogen) atoms. The number of rotatable bonds is 3. The molecular weight excluding hydrogens is 310 g/mol. The molecule has 2 N–H and O–H groups in total. The smallest absolute Gasteiger partial charge is 0.335 e. The zero-order valence-corrected chi connectivity index (χ0v) is 13.4. The molecule has 0 saturated heterocycles. The van der Waals surface area contributed by atoms with Crippen molar-refractivity contribution in [3.63, 3.8) is 0 Å². The van der Waals surface area contributed by atoms with Crippen LogP contribution in [0, 0.1) is 6.92 Å². The normalized spacial score (nSPS) is 12.9. The highest BCUT2D eigenvalue weighted by Crippen LogP contribution is 2.37. The number of benzene rings is 1. The molecule has 6 heteroatoms. The first-order valence-electron chi connectivity index (χ1n) is 7.38. The fourth-order valence-electron chi connectivity index (χ4n) is 2.89. The molecule has 0 saturated carbocycles. The third kappa shape index (κ3) is 2.31. The van der Waals surface area contributed by atoms with E-state index in [0.29, 0.717) is 0 Å². The zero-order chi connectivity index (χ0) is 16.0. The number of aryl methyl sites for hydroxylation is 1. The van der Waals surface area contributed by atoms with E-state index in [1.165, 1.54) is 11.1 Å². The van der Waals surface area contributed by atoms with E-state index < -0.39 is 5.97 Å². The molecule has 0 spiro atoms. The van der Waals surface area contributed by atoms with Gasteiger partial charge < -0.3 is 10.4 Å². The number of nitrogens with zero attached hydrogens (tertiary/aromatic N) is 2. The number of hydrogen-bond acceptors (Lipinski definition) is 4. The van der Waals surface area contributed by atoms with E-state index in [2.05, 4.69) is 23.7 Å². The third-order valence-corrected chi connectivity index (χ3v) is 5.01. The van der Waals surface area contributed by atoms with Gasteiger partial charge >= 0.3 is 5.97 Å². The van der Waals surface area contributed by atoms with Gasteiger partial charge in [-0.1, -0.05) is 6.07 Å². The molecule has 0 unspecified atom stereocenters. The van der Waals surface area contributed by atoms with Crippen LogP contribution in [0.15, 0.2) is 35.7 Å². The number of carboxylic acids is 1. The molecule has 5 nitrogen and oxygen atoms in total. The van der Waals surface area contributed by atoms with Crippen LogP contribution in [0.3, 0.4) is 0 Å². The quantitative estimate of drug-likeness (QED) is 0.772. The maximum Gasteiger partial charge on any atom is 0.335 e. The molecule has 0 fully saturated rings. The number of carbonyl (C=O) groups is 1. The summed E-state index contributed by atoms with van der Waals surface area (Å²) in [6.07, 6.45) is 0.931. The Morgan fingerprint density at radius 2 is 2.26 bits per heavy atom. The van der Waals surface area contributed by atoms with Crippen molar-refractivity contribution >= 4 is 23.1 Å². The van der Waals surface area contributed by atoms with E-state index in [1.807, 2.05) is 10.7 Å². The van der Waals surface area contributed by atoms with E-state index in [-0.39, 0.29) is 5.56 Å². The van der Waals surface area contributed by atoms with Gasteiger partial charge in [0.2, 0.25) is 0 Å². The largest absolute Gasteiger partial charge is 0.478 e. The number of hydrogen-bond donors (Lipinski definition) is 2. The van der Waals surface area contributed by atoms with Gasteiger partial charge in [0.1, 0.15) is 11.5 Å². The molecule has 0 radical (unpaired) electrons. The average Bonchev–Trinajstić information content (AvgIpc) is 3.23. The molecule has 1 aliphatic heterocycles. The van der Waals surface area contributed by atoms with Crippen molar-refractivity contribution < 1.29 is 9.90 Å². The molecule has 0 bridgehead atoms. The Bertz CT molecular complexity index is 910. The maximum absolute atomic E-state index is 11.2. The van der Waals surface area contributed by atoms with E-state index in [4.69, 9.17) is 5.10 Å². The van der Waals surface area contributed by atoms with Crippen molar-refractivity contribution in [3.05, 3.63) is 52.4 Å². The van der Waals surface area contributed by atoms with Gasteiger partial charge in [0, 0.05) is 12.1 Å². The number of carboxylic acid groups (broad SMARTS) is 1. The van der Waals surface area contributed by atoms with Gasteiger partial charge in [-0.2, -0.15) is 5.10 Å². The Hall–Kier alpha value is -2.60. The molecule has 3 aromatic rings. The van der Waals surface area contributed by atoms with Crippen molar-refractivity contribution in [3.8, 4) is 16.3 Å². The first-order valence-corrected chi connectivity index (χ1v) is 8.26. The van der Waals surface area contributed by atoms with Gasteiger partial charge in [-0.3, -0.25) is 0 Å². The Labute approximate surface area is 137 Å². The van der Waals surface area contributed by atoms with Crippen LogP contribution in [0.4, 0.5) is 5.82 Å². The predicted octanol–water partition coefficient (Wildman–Crippen LogP) is 3.58. The Balaban J connectivity index is 1.87. The highest BCUT2D eigenvalue weighted by molar-refractivity contribution is 7.13. The lowest BCUT2D eigenvalue weighted by atomic mass is 10.1. The molecule has 3 heterocycles. The molecule has 0 aliphatic carbocycles. The maximum atomic E-state index is 11.2. The summed E-state index contributed by atoms with van der Waals surface area (Å²) < 4.78 is 1.82. The second-order valence-electron chi connectivity index (χ2n) is 5.61. The van der Waals surface area contributed by atoms with Crippen molar-refractivity contribution in [1.82, 2.24) is 9.78 Å². The number of nitrogens with one attached hydrogen (secondary N) is 1. The third-order valence-electron chi connectivity index (χ3n) is 3.95. The number of fused-ring (bicyclic) bond motifs is 1. The Kier molecular flexibility index (Phi) is 3.20. The van der Waals surface area contributed by atoms with Crippen LogP contribution in [-0.2, 0) is 6.42 Å². The highest BCUT2D eigenvalue weighted by Gasteiger charge is 2.24. The molecule has 1 aromatic carbocycles. The molecular formula is C17H15N3O2S. The standard InChI is InChI=1S/C17H15N3O2S/c1-10-7-14(23-9-10)15-13-5-6-18-16(13)20(19-15)12-4-2-3-11(8-12)17(21)22/h2-4,7-9,18H,5-6H2,1H3,(H,21,22). The topological polar surface area (TPSA) is 67.2 Å². The van der Waals surface area contributed by atoms with Crippen molar-refractivity contribution in [2.75, 3.05) is 11.9 Å². The van der Waals surface area contributed by atoms with E-state index in [9.17, 15) is 9.90 Å². The van der Waals surface area contributed by atoms with Crippen LogP contribution >= 0.6 is 11.3 Å². The van der Waals surface area contributed by atoms with Gasteiger partial charge in [0.05, 0.1) is 16.1 Å². The number of thiophene rings is 1. The molecule has 4 rings (SSSR count).